The smallest absolute Gasteiger partial charge is 0.433 e. The van der Waals surface area contributed by atoms with Crippen molar-refractivity contribution < 1.29 is 32.2 Å². The number of rotatable bonds is 3. The first kappa shape index (κ1) is 18.7. The van der Waals surface area contributed by atoms with Gasteiger partial charge in [0.25, 0.3) is 5.91 Å². The molecule has 1 aliphatic rings. The van der Waals surface area contributed by atoms with Gasteiger partial charge in [0.1, 0.15) is 11.4 Å². The molecule has 0 bridgehead atoms. The Morgan fingerprint density at radius 3 is 2.63 bits per heavy atom. The molecule has 0 fully saturated rings. The summed E-state index contributed by atoms with van der Waals surface area (Å²) in [5.41, 5.74) is -0.0557. The lowest BCUT2D eigenvalue weighted by Gasteiger charge is -2.33. The summed E-state index contributed by atoms with van der Waals surface area (Å²) >= 11 is 0. The zero-order chi connectivity index (χ0) is 19.8. The van der Waals surface area contributed by atoms with Crippen molar-refractivity contribution in [1.29, 1.82) is 0 Å². The maximum atomic E-state index is 12.7. The van der Waals surface area contributed by atoms with Crippen molar-refractivity contribution in [3.8, 4) is 5.75 Å². The van der Waals surface area contributed by atoms with Gasteiger partial charge in [-0.1, -0.05) is 6.07 Å². The van der Waals surface area contributed by atoms with E-state index in [4.69, 9.17) is 4.74 Å². The highest BCUT2D eigenvalue weighted by atomic mass is 19.4. The van der Waals surface area contributed by atoms with Gasteiger partial charge in [0.15, 0.2) is 6.10 Å². The fraction of sp³-hybridized carbons (Fsp3) is 0.278. The molecule has 0 radical (unpaired) electrons. The average Bonchev–Trinajstić information content (AvgIpc) is 2.64. The summed E-state index contributed by atoms with van der Waals surface area (Å²) in [5, 5.41) is 0. The number of anilines is 1. The Labute approximate surface area is 152 Å². The second-order valence-electron chi connectivity index (χ2n) is 5.91. The topological polar surface area (TPSA) is 68.7 Å². The number of alkyl halides is 3. The molecule has 0 spiro atoms. The standard InChI is InChI=1S/C18H15F3N2O4/c1-10-16(24)23(9-11-3-6-15(22-8-11)18(19,20)21)13-7-12(17(25)26-2)4-5-14(13)27-10/h3-8,10H,9H2,1-2H3. The van der Waals surface area contributed by atoms with E-state index in [2.05, 4.69) is 9.72 Å². The summed E-state index contributed by atoms with van der Waals surface area (Å²) in [4.78, 5) is 29.1. The van der Waals surface area contributed by atoms with Crippen LogP contribution < -0.4 is 9.64 Å². The molecule has 1 aromatic heterocycles. The van der Waals surface area contributed by atoms with Gasteiger partial charge in [-0.3, -0.25) is 9.78 Å². The quantitative estimate of drug-likeness (QED) is 0.765. The summed E-state index contributed by atoms with van der Waals surface area (Å²) < 4.78 is 48.2. The number of carbonyl (C=O) groups is 2. The van der Waals surface area contributed by atoms with Crippen LogP contribution in [0.3, 0.4) is 0 Å². The molecule has 1 unspecified atom stereocenters. The molecular formula is C18H15F3N2O4. The highest BCUT2D eigenvalue weighted by Crippen LogP contribution is 2.36. The monoisotopic (exact) mass is 380 g/mol. The van der Waals surface area contributed by atoms with Crippen molar-refractivity contribution >= 4 is 17.6 Å². The second kappa shape index (κ2) is 6.90. The van der Waals surface area contributed by atoms with Gasteiger partial charge in [0.2, 0.25) is 0 Å². The molecule has 0 aliphatic carbocycles. The fourth-order valence-corrected chi connectivity index (χ4v) is 2.68. The van der Waals surface area contributed by atoms with Crippen LogP contribution in [0.1, 0.15) is 28.5 Å². The highest BCUT2D eigenvalue weighted by Gasteiger charge is 2.34. The van der Waals surface area contributed by atoms with Crippen LogP contribution in [0, 0.1) is 0 Å². The van der Waals surface area contributed by atoms with Crippen molar-refractivity contribution in [2.45, 2.75) is 25.7 Å². The lowest BCUT2D eigenvalue weighted by Crippen LogP contribution is -2.44. The lowest BCUT2D eigenvalue weighted by molar-refractivity contribution is -0.141. The number of hydrogen-bond acceptors (Lipinski definition) is 5. The summed E-state index contributed by atoms with van der Waals surface area (Å²) in [6.07, 6.45) is -4.24. The van der Waals surface area contributed by atoms with E-state index in [1.54, 1.807) is 13.0 Å². The number of fused-ring (bicyclic) bond motifs is 1. The van der Waals surface area contributed by atoms with E-state index >= 15 is 0 Å². The van der Waals surface area contributed by atoms with Crippen molar-refractivity contribution in [3.63, 3.8) is 0 Å². The zero-order valence-electron chi connectivity index (χ0n) is 14.4. The molecule has 0 saturated heterocycles. The summed E-state index contributed by atoms with van der Waals surface area (Å²) in [7, 11) is 1.23. The van der Waals surface area contributed by atoms with Crippen LogP contribution in [0.4, 0.5) is 18.9 Å². The van der Waals surface area contributed by atoms with Gasteiger partial charge in [-0.05, 0) is 36.8 Å². The SMILES string of the molecule is COC(=O)c1ccc2c(c1)N(Cc1ccc(C(F)(F)F)nc1)C(=O)C(C)O2. The number of aromatic nitrogens is 1. The summed E-state index contributed by atoms with van der Waals surface area (Å²) in [5.74, 6) is -0.584. The van der Waals surface area contributed by atoms with E-state index < -0.39 is 23.9 Å². The first-order chi connectivity index (χ1) is 12.7. The molecule has 2 heterocycles. The van der Waals surface area contributed by atoms with Gasteiger partial charge in [-0.15, -0.1) is 0 Å². The number of carbonyl (C=O) groups excluding carboxylic acids is 2. The molecule has 27 heavy (non-hydrogen) atoms. The minimum Gasteiger partial charge on any atom is -0.479 e. The Morgan fingerprint density at radius 2 is 2.04 bits per heavy atom. The van der Waals surface area contributed by atoms with Crippen LogP contribution in [-0.2, 0) is 22.3 Å². The predicted molar refractivity (Wildman–Crippen MR) is 88.3 cm³/mol. The van der Waals surface area contributed by atoms with Gasteiger partial charge in [0, 0.05) is 6.20 Å². The number of esters is 1. The van der Waals surface area contributed by atoms with Crippen molar-refractivity contribution in [1.82, 2.24) is 4.98 Å². The third-order valence-electron chi connectivity index (χ3n) is 4.04. The molecule has 142 valence electrons. The number of pyridine rings is 1. The molecular weight excluding hydrogens is 365 g/mol. The molecule has 0 N–H and O–H groups in total. The van der Waals surface area contributed by atoms with E-state index in [0.717, 1.165) is 12.3 Å². The number of benzene rings is 1. The Morgan fingerprint density at radius 1 is 1.30 bits per heavy atom. The Hall–Kier alpha value is -3.10. The fourth-order valence-electron chi connectivity index (χ4n) is 2.68. The predicted octanol–water partition coefficient (Wildman–Crippen LogP) is 3.20. The minimum atomic E-state index is -4.54. The molecule has 1 atom stereocenters. The first-order valence-electron chi connectivity index (χ1n) is 7.93. The Kier molecular flexibility index (Phi) is 4.77. The Balaban J connectivity index is 1.95. The van der Waals surface area contributed by atoms with Gasteiger partial charge >= 0.3 is 12.1 Å². The van der Waals surface area contributed by atoms with Crippen LogP contribution in [0.25, 0.3) is 0 Å². The van der Waals surface area contributed by atoms with Crippen molar-refractivity contribution in [2.75, 3.05) is 12.0 Å². The highest BCUT2D eigenvalue weighted by molar-refractivity contribution is 6.01. The van der Waals surface area contributed by atoms with Crippen LogP contribution in [0.5, 0.6) is 5.75 Å². The summed E-state index contributed by atoms with van der Waals surface area (Å²) in [6.45, 7) is 1.55. The molecule has 3 rings (SSSR count). The maximum Gasteiger partial charge on any atom is 0.433 e. The number of nitrogens with zero attached hydrogens (tertiary/aromatic N) is 2. The number of amides is 1. The molecule has 9 heteroatoms. The van der Waals surface area contributed by atoms with Gasteiger partial charge in [-0.2, -0.15) is 13.2 Å². The molecule has 1 aliphatic heterocycles. The molecule has 1 amide bonds. The molecule has 1 aromatic carbocycles. The van der Waals surface area contributed by atoms with E-state index in [9.17, 15) is 22.8 Å². The first-order valence-corrected chi connectivity index (χ1v) is 7.93. The number of hydrogen-bond donors (Lipinski definition) is 0. The third-order valence-corrected chi connectivity index (χ3v) is 4.04. The molecule has 6 nitrogen and oxygen atoms in total. The van der Waals surface area contributed by atoms with Gasteiger partial charge in [0.05, 0.1) is 24.9 Å². The lowest BCUT2D eigenvalue weighted by atomic mass is 10.1. The van der Waals surface area contributed by atoms with Gasteiger partial charge in [-0.25, -0.2) is 4.79 Å². The number of methoxy groups -OCH3 is 1. The number of ether oxygens (including phenoxy) is 2. The minimum absolute atomic E-state index is 0.0186. The van der Waals surface area contributed by atoms with Crippen LogP contribution >= 0.6 is 0 Å². The van der Waals surface area contributed by atoms with E-state index in [0.29, 0.717) is 17.0 Å². The Bertz CT molecular complexity index is 881. The average molecular weight is 380 g/mol. The number of halogens is 3. The van der Waals surface area contributed by atoms with Crippen LogP contribution in [0.2, 0.25) is 0 Å². The second-order valence-corrected chi connectivity index (χ2v) is 5.91. The molecule has 0 saturated carbocycles. The van der Waals surface area contributed by atoms with Crippen molar-refractivity contribution in [3.05, 3.63) is 53.3 Å². The molecule has 2 aromatic rings. The normalized spacial score (nSPS) is 16.6. The van der Waals surface area contributed by atoms with Crippen LogP contribution in [-0.4, -0.2) is 30.1 Å². The largest absolute Gasteiger partial charge is 0.479 e. The maximum absolute atomic E-state index is 12.7. The summed E-state index contributed by atoms with van der Waals surface area (Å²) in [6, 6.07) is 6.61. The van der Waals surface area contributed by atoms with E-state index in [1.807, 2.05) is 0 Å². The van der Waals surface area contributed by atoms with Crippen molar-refractivity contribution in [2.24, 2.45) is 0 Å². The van der Waals surface area contributed by atoms with E-state index in [1.165, 1.54) is 30.2 Å². The zero-order valence-corrected chi connectivity index (χ0v) is 14.4. The van der Waals surface area contributed by atoms with E-state index in [-0.39, 0.29) is 18.0 Å². The third kappa shape index (κ3) is 3.71. The van der Waals surface area contributed by atoms with Crippen LogP contribution in [0.15, 0.2) is 36.5 Å². The van der Waals surface area contributed by atoms with Gasteiger partial charge < -0.3 is 14.4 Å².